The van der Waals surface area contributed by atoms with Crippen LogP contribution >= 0.6 is 0 Å². The van der Waals surface area contributed by atoms with Crippen molar-refractivity contribution in [1.82, 2.24) is 19.9 Å². The molecule has 1 saturated heterocycles. The maximum atomic E-state index is 11.8. The highest BCUT2D eigenvalue weighted by Gasteiger charge is 2.16. The number of likely N-dealkylation sites (tertiary alicyclic amines) is 1. The summed E-state index contributed by atoms with van der Waals surface area (Å²) in [6.07, 6.45) is 5.00. The molecule has 1 amide bonds. The maximum Gasteiger partial charge on any atom is 0.244 e. The molecule has 1 aromatic rings. The molecule has 0 aromatic carbocycles. The van der Waals surface area contributed by atoms with Crippen molar-refractivity contribution in [2.24, 2.45) is 0 Å². The summed E-state index contributed by atoms with van der Waals surface area (Å²) in [5.41, 5.74) is 5.41. The summed E-state index contributed by atoms with van der Waals surface area (Å²) in [6.45, 7) is 1.97. The Bertz CT molecular complexity index is 342. The van der Waals surface area contributed by atoms with E-state index in [1.807, 2.05) is 4.90 Å². The molecule has 6 heteroatoms. The van der Waals surface area contributed by atoms with E-state index in [0.29, 0.717) is 5.82 Å². The van der Waals surface area contributed by atoms with Gasteiger partial charge in [0.2, 0.25) is 5.91 Å². The number of nitrogens with two attached hydrogens (primary N) is 1. The second kappa shape index (κ2) is 4.29. The molecule has 1 aliphatic rings. The summed E-state index contributed by atoms with van der Waals surface area (Å²) in [5.74, 6) is 0.445. The van der Waals surface area contributed by atoms with Crippen molar-refractivity contribution in [3.8, 4) is 0 Å². The first kappa shape index (κ1) is 9.95. The van der Waals surface area contributed by atoms with Crippen LogP contribution in [-0.4, -0.2) is 38.9 Å². The van der Waals surface area contributed by atoms with E-state index in [1.165, 1.54) is 11.1 Å². The van der Waals surface area contributed by atoms with Crippen LogP contribution in [0.25, 0.3) is 0 Å². The molecule has 1 aliphatic heterocycles. The molecule has 2 N–H and O–H groups in total. The monoisotopic (exact) mass is 209 g/mol. The summed E-state index contributed by atoms with van der Waals surface area (Å²) >= 11 is 0. The quantitative estimate of drug-likeness (QED) is 0.736. The van der Waals surface area contributed by atoms with E-state index in [2.05, 4.69) is 10.3 Å². The van der Waals surface area contributed by atoms with Crippen LogP contribution in [0.1, 0.15) is 19.3 Å². The highest BCUT2D eigenvalue weighted by atomic mass is 16.2. The standard InChI is InChI=1S/C9H15N5O/c10-8-6-14(12-11-8)7-9(15)13-4-2-1-3-5-13/h6H,1-5,7,10H2. The summed E-state index contributed by atoms with van der Waals surface area (Å²) in [6, 6.07) is 0. The van der Waals surface area contributed by atoms with Crippen LogP contribution in [-0.2, 0) is 11.3 Å². The SMILES string of the molecule is Nc1cn(CC(=O)N2CCCCC2)nn1. The summed E-state index contributed by atoms with van der Waals surface area (Å²) in [5, 5.41) is 7.38. The van der Waals surface area contributed by atoms with Gasteiger partial charge in [0.15, 0.2) is 5.82 Å². The van der Waals surface area contributed by atoms with Gasteiger partial charge in [-0.05, 0) is 19.3 Å². The van der Waals surface area contributed by atoms with E-state index in [-0.39, 0.29) is 12.5 Å². The summed E-state index contributed by atoms with van der Waals surface area (Å²) in [4.78, 5) is 13.6. The van der Waals surface area contributed by atoms with E-state index < -0.39 is 0 Å². The van der Waals surface area contributed by atoms with Crippen molar-refractivity contribution in [2.75, 3.05) is 18.8 Å². The van der Waals surface area contributed by atoms with Crippen LogP contribution < -0.4 is 5.73 Å². The molecular weight excluding hydrogens is 194 g/mol. The van der Waals surface area contributed by atoms with Crippen molar-refractivity contribution in [3.63, 3.8) is 0 Å². The van der Waals surface area contributed by atoms with Crippen molar-refractivity contribution in [2.45, 2.75) is 25.8 Å². The topological polar surface area (TPSA) is 77.0 Å². The Morgan fingerprint density at radius 2 is 2.13 bits per heavy atom. The van der Waals surface area contributed by atoms with Gasteiger partial charge in [0.1, 0.15) is 6.54 Å². The molecule has 0 bridgehead atoms. The number of hydrogen-bond acceptors (Lipinski definition) is 4. The van der Waals surface area contributed by atoms with Gasteiger partial charge in [-0.2, -0.15) is 0 Å². The van der Waals surface area contributed by atoms with E-state index >= 15 is 0 Å². The van der Waals surface area contributed by atoms with Gasteiger partial charge in [-0.1, -0.05) is 5.21 Å². The number of nitrogen functional groups attached to an aromatic ring is 1. The van der Waals surface area contributed by atoms with Crippen LogP contribution in [0, 0.1) is 0 Å². The van der Waals surface area contributed by atoms with Gasteiger partial charge >= 0.3 is 0 Å². The van der Waals surface area contributed by atoms with Gasteiger partial charge in [0.25, 0.3) is 0 Å². The minimum atomic E-state index is 0.0969. The highest BCUT2D eigenvalue weighted by Crippen LogP contribution is 2.09. The molecule has 2 heterocycles. The number of carbonyl (C=O) groups excluding carboxylic acids is 1. The number of hydrogen-bond donors (Lipinski definition) is 1. The predicted molar refractivity (Wildman–Crippen MR) is 54.9 cm³/mol. The van der Waals surface area contributed by atoms with Crippen LogP contribution in [0.15, 0.2) is 6.20 Å². The molecule has 15 heavy (non-hydrogen) atoms. The van der Waals surface area contributed by atoms with Crippen molar-refractivity contribution < 1.29 is 4.79 Å². The average Bonchev–Trinajstić information content (AvgIpc) is 2.65. The molecule has 0 unspecified atom stereocenters. The Labute approximate surface area is 88.0 Å². The van der Waals surface area contributed by atoms with E-state index in [0.717, 1.165) is 25.9 Å². The second-order valence-corrected chi connectivity index (χ2v) is 3.78. The third kappa shape index (κ3) is 2.45. The van der Waals surface area contributed by atoms with E-state index in [1.54, 1.807) is 6.20 Å². The van der Waals surface area contributed by atoms with Crippen molar-refractivity contribution in [3.05, 3.63) is 6.20 Å². The summed E-state index contributed by atoms with van der Waals surface area (Å²) < 4.78 is 1.48. The lowest BCUT2D eigenvalue weighted by molar-refractivity contribution is -0.132. The lowest BCUT2D eigenvalue weighted by Crippen LogP contribution is -2.37. The Kier molecular flexibility index (Phi) is 2.84. The number of nitrogens with zero attached hydrogens (tertiary/aromatic N) is 4. The Balaban J connectivity index is 1.91. The van der Waals surface area contributed by atoms with E-state index in [4.69, 9.17) is 5.73 Å². The first-order valence-electron chi connectivity index (χ1n) is 5.19. The molecule has 0 atom stereocenters. The molecule has 0 radical (unpaired) electrons. The average molecular weight is 209 g/mol. The summed E-state index contributed by atoms with van der Waals surface area (Å²) in [7, 11) is 0. The molecular formula is C9H15N5O. The largest absolute Gasteiger partial charge is 0.381 e. The lowest BCUT2D eigenvalue weighted by Gasteiger charge is -2.26. The Hall–Kier alpha value is -1.59. The Morgan fingerprint density at radius 3 is 2.73 bits per heavy atom. The zero-order chi connectivity index (χ0) is 10.7. The predicted octanol–water partition coefficient (Wildman–Crippen LogP) is -0.127. The van der Waals surface area contributed by atoms with Crippen molar-refractivity contribution >= 4 is 11.7 Å². The number of aromatic nitrogens is 3. The van der Waals surface area contributed by atoms with Crippen LogP contribution in [0.4, 0.5) is 5.82 Å². The fourth-order valence-corrected chi connectivity index (χ4v) is 1.77. The molecule has 1 fully saturated rings. The Morgan fingerprint density at radius 1 is 1.40 bits per heavy atom. The molecule has 0 aliphatic carbocycles. The smallest absolute Gasteiger partial charge is 0.244 e. The minimum absolute atomic E-state index is 0.0969. The van der Waals surface area contributed by atoms with Gasteiger partial charge in [0, 0.05) is 13.1 Å². The molecule has 0 saturated carbocycles. The van der Waals surface area contributed by atoms with E-state index in [9.17, 15) is 4.79 Å². The fraction of sp³-hybridized carbons (Fsp3) is 0.667. The number of carbonyl (C=O) groups is 1. The lowest BCUT2D eigenvalue weighted by atomic mass is 10.1. The maximum absolute atomic E-state index is 11.8. The number of anilines is 1. The first-order valence-corrected chi connectivity index (χ1v) is 5.19. The molecule has 2 rings (SSSR count). The normalized spacial score (nSPS) is 16.7. The zero-order valence-corrected chi connectivity index (χ0v) is 8.59. The second-order valence-electron chi connectivity index (χ2n) is 3.78. The van der Waals surface area contributed by atoms with Crippen LogP contribution in [0.3, 0.4) is 0 Å². The van der Waals surface area contributed by atoms with Gasteiger partial charge in [-0.3, -0.25) is 4.79 Å². The molecule has 6 nitrogen and oxygen atoms in total. The third-order valence-corrected chi connectivity index (χ3v) is 2.56. The van der Waals surface area contributed by atoms with Gasteiger partial charge in [-0.15, -0.1) is 5.10 Å². The fourth-order valence-electron chi connectivity index (χ4n) is 1.77. The third-order valence-electron chi connectivity index (χ3n) is 2.56. The van der Waals surface area contributed by atoms with Crippen LogP contribution in [0.5, 0.6) is 0 Å². The molecule has 1 aromatic heterocycles. The molecule has 82 valence electrons. The number of amides is 1. The van der Waals surface area contributed by atoms with Gasteiger partial charge in [-0.25, -0.2) is 4.68 Å². The van der Waals surface area contributed by atoms with Crippen molar-refractivity contribution in [1.29, 1.82) is 0 Å². The molecule has 0 spiro atoms. The van der Waals surface area contributed by atoms with Crippen LogP contribution in [0.2, 0.25) is 0 Å². The zero-order valence-electron chi connectivity index (χ0n) is 8.59. The first-order chi connectivity index (χ1) is 7.25. The van der Waals surface area contributed by atoms with Gasteiger partial charge in [0.05, 0.1) is 6.20 Å². The van der Waals surface area contributed by atoms with Gasteiger partial charge < -0.3 is 10.6 Å². The number of piperidine rings is 1. The highest BCUT2D eigenvalue weighted by molar-refractivity contribution is 5.76. The number of rotatable bonds is 2. The minimum Gasteiger partial charge on any atom is -0.381 e.